The lowest BCUT2D eigenvalue weighted by Gasteiger charge is -2.16. The Morgan fingerprint density at radius 1 is 1.06 bits per heavy atom. The number of rotatable bonds is 6. The van der Waals surface area contributed by atoms with E-state index in [9.17, 15) is 19.2 Å². The predicted molar refractivity (Wildman–Crippen MR) is 126 cm³/mol. The number of anilines is 1. The molecule has 3 heterocycles. The second-order valence-electron chi connectivity index (χ2n) is 7.36. The lowest BCUT2D eigenvalue weighted by Crippen LogP contribution is -2.37. The fourth-order valence-corrected chi connectivity index (χ4v) is 4.47. The van der Waals surface area contributed by atoms with Crippen molar-refractivity contribution in [3.8, 4) is 5.75 Å². The molecule has 1 N–H and O–H groups in total. The van der Waals surface area contributed by atoms with Gasteiger partial charge in [-0.1, -0.05) is 23.7 Å². The number of nitrogens with zero attached hydrogens (tertiary/aromatic N) is 3. The molecule has 0 saturated heterocycles. The summed E-state index contributed by atoms with van der Waals surface area (Å²) in [5, 5.41) is 4.75. The maximum atomic E-state index is 12.7. The summed E-state index contributed by atoms with van der Waals surface area (Å²) in [4.78, 5) is 55.7. The van der Waals surface area contributed by atoms with Gasteiger partial charge in [-0.3, -0.25) is 28.5 Å². The lowest BCUT2D eigenvalue weighted by atomic mass is 10.1. The lowest BCUT2D eigenvalue weighted by molar-refractivity contribution is -0.116. The van der Waals surface area contributed by atoms with Crippen molar-refractivity contribution in [1.82, 2.24) is 14.3 Å². The summed E-state index contributed by atoms with van der Waals surface area (Å²) in [5.41, 5.74) is 0.973. The van der Waals surface area contributed by atoms with Crippen molar-refractivity contribution >= 4 is 51.3 Å². The average Bonchev–Trinajstić information content (AvgIpc) is 3.38. The molecule has 0 atom stereocenters. The maximum absolute atomic E-state index is 12.7. The highest BCUT2D eigenvalue weighted by Gasteiger charge is 2.36. The van der Waals surface area contributed by atoms with Crippen LogP contribution in [0, 0.1) is 0 Å². The van der Waals surface area contributed by atoms with E-state index >= 15 is 0 Å². The van der Waals surface area contributed by atoms with Gasteiger partial charge in [-0.2, -0.15) is 0 Å². The molecular formula is C23H15ClN4O5S. The Morgan fingerprint density at radius 3 is 2.53 bits per heavy atom. The Hall–Kier alpha value is -4.02. The molecule has 5 rings (SSSR count). The molecule has 0 radical (unpaired) electrons. The fraction of sp³-hybridized carbons (Fsp3) is 0.0870. The molecule has 9 nitrogen and oxygen atoms in total. The van der Waals surface area contributed by atoms with Crippen LogP contribution in [0.5, 0.6) is 5.75 Å². The largest absolute Gasteiger partial charge is 0.485 e. The molecule has 11 heteroatoms. The van der Waals surface area contributed by atoms with Crippen LogP contribution in [0.3, 0.4) is 0 Å². The number of aromatic nitrogens is 2. The zero-order valence-corrected chi connectivity index (χ0v) is 18.9. The van der Waals surface area contributed by atoms with E-state index in [0.717, 1.165) is 4.90 Å². The molecule has 170 valence electrons. The molecule has 0 fully saturated rings. The number of carbonyl (C=O) groups is 3. The van der Waals surface area contributed by atoms with E-state index in [0.29, 0.717) is 15.7 Å². The molecule has 2 aromatic carbocycles. The van der Waals surface area contributed by atoms with Crippen LogP contribution in [-0.4, -0.2) is 38.6 Å². The van der Waals surface area contributed by atoms with Crippen molar-refractivity contribution in [3.63, 3.8) is 0 Å². The van der Waals surface area contributed by atoms with Gasteiger partial charge in [0.15, 0.2) is 4.96 Å². The van der Waals surface area contributed by atoms with Gasteiger partial charge in [-0.05, 0) is 30.3 Å². The highest BCUT2D eigenvalue weighted by Crippen LogP contribution is 2.29. The number of fused-ring (bicyclic) bond motifs is 2. The highest BCUT2D eigenvalue weighted by molar-refractivity contribution is 7.15. The zero-order chi connectivity index (χ0) is 23.8. The first-order valence-electron chi connectivity index (χ1n) is 10.0. The first kappa shape index (κ1) is 21.8. The molecule has 3 amide bonds. The van der Waals surface area contributed by atoms with Crippen molar-refractivity contribution in [2.24, 2.45) is 0 Å². The number of thiazole rings is 1. The number of halogens is 1. The monoisotopic (exact) mass is 494 g/mol. The number of benzene rings is 2. The van der Waals surface area contributed by atoms with E-state index in [4.69, 9.17) is 16.3 Å². The van der Waals surface area contributed by atoms with Crippen LogP contribution in [0.15, 0.2) is 64.9 Å². The van der Waals surface area contributed by atoms with Crippen molar-refractivity contribution in [2.75, 3.05) is 11.9 Å². The van der Waals surface area contributed by atoms with Gasteiger partial charge in [0.05, 0.1) is 22.5 Å². The Kier molecular flexibility index (Phi) is 5.60. The second-order valence-corrected chi connectivity index (χ2v) is 8.67. The molecular weight excluding hydrogens is 480 g/mol. The first-order chi connectivity index (χ1) is 16.4. The van der Waals surface area contributed by atoms with E-state index < -0.39 is 24.3 Å². The van der Waals surface area contributed by atoms with Gasteiger partial charge < -0.3 is 10.1 Å². The van der Waals surface area contributed by atoms with Crippen LogP contribution in [0.2, 0.25) is 5.02 Å². The van der Waals surface area contributed by atoms with Crippen molar-refractivity contribution in [2.45, 2.75) is 6.61 Å². The van der Waals surface area contributed by atoms with Crippen LogP contribution >= 0.6 is 22.9 Å². The Morgan fingerprint density at radius 2 is 1.79 bits per heavy atom. The molecule has 4 aromatic rings. The van der Waals surface area contributed by atoms with Crippen molar-refractivity contribution in [1.29, 1.82) is 0 Å². The predicted octanol–water partition coefficient (Wildman–Crippen LogP) is 3.22. The number of amides is 3. The van der Waals surface area contributed by atoms with E-state index in [1.54, 1.807) is 48.0 Å². The summed E-state index contributed by atoms with van der Waals surface area (Å²) in [7, 11) is 0. The van der Waals surface area contributed by atoms with Gasteiger partial charge in [0.25, 0.3) is 17.4 Å². The van der Waals surface area contributed by atoms with Gasteiger partial charge in [0, 0.05) is 22.7 Å². The molecule has 2 aromatic heterocycles. The molecule has 0 aliphatic carbocycles. The minimum Gasteiger partial charge on any atom is -0.485 e. The van der Waals surface area contributed by atoms with Gasteiger partial charge in [-0.15, -0.1) is 11.3 Å². The maximum Gasteiger partial charge on any atom is 0.262 e. The number of imide groups is 1. The van der Waals surface area contributed by atoms with Crippen LogP contribution in [0.25, 0.3) is 4.96 Å². The summed E-state index contributed by atoms with van der Waals surface area (Å²) < 4.78 is 7.23. The average molecular weight is 495 g/mol. The summed E-state index contributed by atoms with van der Waals surface area (Å²) >= 11 is 7.41. The Bertz CT molecular complexity index is 1490. The Balaban J connectivity index is 1.31. The summed E-state index contributed by atoms with van der Waals surface area (Å²) in [5.74, 6) is -1.37. The molecule has 34 heavy (non-hydrogen) atoms. The van der Waals surface area contributed by atoms with Gasteiger partial charge in [0.1, 0.15) is 18.9 Å². The molecule has 1 aliphatic rings. The highest BCUT2D eigenvalue weighted by atomic mass is 35.5. The third kappa shape index (κ3) is 4.04. The fourth-order valence-electron chi connectivity index (χ4n) is 3.56. The normalized spacial score (nSPS) is 12.8. The number of ether oxygens (including phenoxy) is 1. The number of nitrogens with one attached hydrogen (secondary N) is 1. The third-order valence-corrected chi connectivity index (χ3v) is 6.12. The van der Waals surface area contributed by atoms with Crippen LogP contribution < -0.4 is 15.6 Å². The van der Waals surface area contributed by atoms with Crippen molar-refractivity contribution < 1.29 is 19.1 Å². The van der Waals surface area contributed by atoms with E-state index in [-0.39, 0.29) is 34.7 Å². The standard InChI is InChI=1S/C23H15ClN4O5S/c24-13-5-6-18(33-12-14-10-20(30)27-7-8-34-23(27)25-14)17(9-13)26-19(29)11-28-21(31)15-3-1-2-4-16(15)22(28)32/h1-10H,11-12H2,(H,26,29). The van der Waals surface area contributed by atoms with Gasteiger partial charge in [0.2, 0.25) is 5.91 Å². The number of hydrogen-bond donors (Lipinski definition) is 1. The quantitative estimate of drug-likeness (QED) is 0.412. The van der Waals surface area contributed by atoms with Crippen molar-refractivity contribution in [3.05, 3.63) is 92.3 Å². The van der Waals surface area contributed by atoms with Crippen LogP contribution in [0.4, 0.5) is 5.69 Å². The molecule has 0 unspecified atom stereocenters. The van der Waals surface area contributed by atoms with Crippen LogP contribution in [0.1, 0.15) is 26.4 Å². The minimum absolute atomic E-state index is 0.0213. The van der Waals surface area contributed by atoms with E-state index in [2.05, 4.69) is 10.3 Å². The number of carbonyl (C=O) groups excluding carboxylic acids is 3. The van der Waals surface area contributed by atoms with E-state index in [1.165, 1.54) is 27.9 Å². The Labute approximate surface area is 201 Å². The molecule has 0 saturated carbocycles. The minimum atomic E-state index is -0.599. The topological polar surface area (TPSA) is 110 Å². The number of hydrogen-bond acceptors (Lipinski definition) is 7. The molecule has 1 aliphatic heterocycles. The van der Waals surface area contributed by atoms with Gasteiger partial charge in [-0.25, -0.2) is 4.98 Å². The second kappa shape index (κ2) is 8.73. The van der Waals surface area contributed by atoms with Crippen LogP contribution in [-0.2, 0) is 11.4 Å². The zero-order valence-electron chi connectivity index (χ0n) is 17.4. The summed E-state index contributed by atoms with van der Waals surface area (Å²) in [6.45, 7) is -0.488. The van der Waals surface area contributed by atoms with Gasteiger partial charge >= 0.3 is 0 Å². The first-order valence-corrected chi connectivity index (χ1v) is 11.3. The smallest absolute Gasteiger partial charge is 0.262 e. The SMILES string of the molecule is O=C(CN1C(=O)c2ccccc2C1=O)Nc1cc(Cl)ccc1OCc1cc(=O)n2ccsc2n1. The summed E-state index contributed by atoms with van der Waals surface area (Å²) in [6, 6.07) is 12.4. The van der Waals surface area contributed by atoms with E-state index in [1.807, 2.05) is 0 Å². The molecule has 0 spiro atoms. The molecule has 0 bridgehead atoms. The third-order valence-electron chi connectivity index (χ3n) is 5.13. The summed E-state index contributed by atoms with van der Waals surface area (Å²) in [6.07, 6.45) is 1.64.